The first kappa shape index (κ1) is 15.6. The highest BCUT2D eigenvalue weighted by Crippen LogP contribution is 2.26. The van der Waals surface area contributed by atoms with Gasteiger partial charge in [-0.15, -0.1) is 0 Å². The van der Waals surface area contributed by atoms with E-state index in [1.54, 1.807) is 13.0 Å². The number of ether oxygens (including phenoxy) is 1. The summed E-state index contributed by atoms with van der Waals surface area (Å²) < 4.78 is 11.1. The van der Waals surface area contributed by atoms with Crippen LogP contribution in [-0.4, -0.2) is 54.2 Å². The molecule has 2 heterocycles. The molecule has 1 amide bonds. The molecule has 0 spiro atoms. The van der Waals surface area contributed by atoms with Gasteiger partial charge in [-0.2, -0.15) is 0 Å². The largest absolute Gasteiger partial charge is 0.491 e. The van der Waals surface area contributed by atoms with Crippen molar-refractivity contribution in [3.8, 4) is 5.75 Å². The molecule has 6 heteroatoms. The minimum Gasteiger partial charge on any atom is -0.491 e. The molecular formula is C17H21N3O3. The Morgan fingerprint density at radius 2 is 2.17 bits per heavy atom. The molecule has 0 unspecified atom stereocenters. The predicted octanol–water partition coefficient (Wildman–Crippen LogP) is 1.95. The van der Waals surface area contributed by atoms with Gasteiger partial charge in [0.15, 0.2) is 0 Å². The van der Waals surface area contributed by atoms with Gasteiger partial charge in [0.05, 0.1) is 18.3 Å². The number of likely N-dealkylation sites (N-methyl/N-ethyl adjacent to an activating group) is 1. The maximum atomic E-state index is 12.9. The minimum absolute atomic E-state index is 0.0599. The number of hydrogen-bond acceptors (Lipinski definition) is 5. The highest BCUT2D eigenvalue weighted by atomic mass is 16.5. The van der Waals surface area contributed by atoms with Crippen LogP contribution >= 0.6 is 0 Å². The van der Waals surface area contributed by atoms with E-state index < -0.39 is 0 Å². The Kier molecular flexibility index (Phi) is 4.34. The van der Waals surface area contributed by atoms with Crippen LogP contribution in [0.25, 0.3) is 0 Å². The van der Waals surface area contributed by atoms with Gasteiger partial charge in [0.1, 0.15) is 12.4 Å². The topological polar surface area (TPSA) is 58.8 Å². The molecule has 1 aromatic heterocycles. The Labute approximate surface area is 135 Å². The number of rotatable bonds is 3. The van der Waals surface area contributed by atoms with Crippen LogP contribution in [0.2, 0.25) is 0 Å². The first-order chi connectivity index (χ1) is 11.0. The molecule has 0 radical (unpaired) electrons. The van der Waals surface area contributed by atoms with Gasteiger partial charge in [-0.1, -0.05) is 23.4 Å². The lowest BCUT2D eigenvalue weighted by Gasteiger charge is -2.30. The van der Waals surface area contributed by atoms with Crippen LogP contribution < -0.4 is 4.74 Å². The first-order valence-corrected chi connectivity index (χ1v) is 7.64. The molecule has 1 aromatic carbocycles. The monoisotopic (exact) mass is 315 g/mol. The Morgan fingerprint density at radius 1 is 1.39 bits per heavy atom. The smallest absolute Gasteiger partial charge is 0.293 e. The third-order valence-corrected chi connectivity index (χ3v) is 3.86. The molecule has 122 valence electrons. The summed E-state index contributed by atoms with van der Waals surface area (Å²) >= 11 is 0. The van der Waals surface area contributed by atoms with Crippen LogP contribution in [0.1, 0.15) is 21.8 Å². The molecular weight excluding hydrogens is 294 g/mol. The number of hydrogen-bond donors (Lipinski definition) is 0. The molecule has 2 aromatic rings. The molecule has 0 N–H and O–H groups in total. The third kappa shape index (κ3) is 3.37. The van der Waals surface area contributed by atoms with Crippen molar-refractivity contribution in [1.29, 1.82) is 0 Å². The lowest BCUT2D eigenvalue weighted by atomic mass is 10.1. The molecule has 3 rings (SSSR count). The minimum atomic E-state index is -0.155. The third-order valence-electron chi connectivity index (χ3n) is 3.86. The van der Waals surface area contributed by atoms with E-state index in [1.165, 1.54) is 0 Å². The lowest BCUT2D eigenvalue weighted by Crippen LogP contribution is -2.47. The predicted molar refractivity (Wildman–Crippen MR) is 85.4 cm³/mol. The van der Waals surface area contributed by atoms with Gasteiger partial charge < -0.3 is 19.1 Å². The van der Waals surface area contributed by atoms with Crippen molar-refractivity contribution in [1.82, 2.24) is 15.0 Å². The van der Waals surface area contributed by atoms with Crippen molar-refractivity contribution < 1.29 is 14.1 Å². The van der Waals surface area contributed by atoms with Crippen LogP contribution in [0, 0.1) is 6.92 Å². The average molecular weight is 315 g/mol. The van der Waals surface area contributed by atoms with Gasteiger partial charge in [0, 0.05) is 18.2 Å². The normalized spacial score (nSPS) is 17.6. The molecule has 0 fully saturated rings. The Hall–Kier alpha value is -2.34. The lowest BCUT2D eigenvalue weighted by molar-refractivity contribution is 0.0543. The summed E-state index contributed by atoms with van der Waals surface area (Å²) in [6.07, 6.45) is 0. The average Bonchev–Trinajstić information content (AvgIpc) is 2.87. The molecule has 0 saturated heterocycles. The maximum absolute atomic E-state index is 12.9. The molecule has 0 saturated carbocycles. The summed E-state index contributed by atoms with van der Waals surface area (Å²) in [6, 6.07) is 9.43. The van der Waals surface area contributed by atoms with E-state index in [-0.39, 0.29) is 17.7 Å². The molecule has 0 bridgehead atoms. The van der Waals surface area contributed by atoms with E-state index in [1.807, 2.05) is 43.3 Å². The van der Waals surface area contributed by atoms with Crippen molar-refractivity contribution in [2.24, 2.45) is 0 Å². The fourth-order valence-corrected chi connectivity index (χ4v) is 2.78. The zero-order valence-electron chi connectivity index (χ0n) is 13.7. The van der Waals surface area contributed by atoms with E-state index in [4.69, 9.17) is 9.26 Å². The first-order valence-electron chi connectivity index (χ1n) is 7.64. The number of aryl methyl sites for hydroxylation is 1. The zero-order chi connectivity index (χ0) is 16.4. The van der Waals surface area contributed by atoms with Crippen LogP contribution in [0.15, 0.2) is 34.9 Å². The number of aromatic nitrogens is 1. The highest BCUT2D eigenvalue weighted by Gasteiger charge is 2.31. The zero-order valence-corrected chi connectivity index (χ0v) is 13.7. The van der Waals surface area contributed by atoms with Gasteiger partial charge in [0.25, 0.3) is 5.91 Å². The number of para-hydroxylation sites is 1. The van der Waals surface area contributed by atoms with E-state index in [9.17, 15) is 4.79 Å². The summed E-state index contributed by atoms with van der Waals surface area (Å²) in [4.78, 5) is 16.7. The Balaban J connectivity index is 1.92. The van der Waals surface area contributed by atoms with Crippen LogP contribution in [0.3, 0.4) is 0 Å². The molecule has 1 aliphatic rings. The van der Waals surface area contributed by atoms with Gasteiger partial charge in [-0.05, 0) is 27.1 Å². The number of benzene rings is 1. The second-order valence-corrected chi connectivity index (χ2v) is 6.10. The van der Waals surface area contributed by atoms with Crippen molar-refractivity contribution in [2.75, 3.05) is 27.2 Å². The van der Waals surface area contributed by atoms with Crippen molar-refractivity contribution >= 4 is 5.91 Å². The second kappa shape index (κ2) is 6.42. The van der Waals surface area contributed by atoms with Crippen molar-refractivity contribution in [3.05, 3.63) is 47.3 Å². The molecule has 0 aliphatic carbocycles. The summed E-state index contributed by atoms with van der Waals surface area (Å²) in [7, 11) is 3.97. The van der Waals surface area contributed by atoms with Gasteiger partial charge in [-0.3, -0.25) is 4.79 Å². The highest BCUT2D eigenvalue weighted by molar-refractivity contribution is 5.91. The quantitative estimate of drug-likeness (QED) is 0.866. The van der Waals surface area contributed by atoms with Gasteiger partial charge in [0.2, 0.25) is 5.76 Å². The van der Waals surface area contributed by atoms with Gasteiger partial charge in [-0.25, -0.2) is 0 Å². The van der Waals surface area contributed by atoms with Crippen molar-refractivity contribution in [2.45, 2.75) is 19.5 Å². The Bertz CT molecular complexity index is 696. The van der Waals surface area contributed by atoms with Gasteiger partial charge >= 0.3 is 0 Å². The van der Waals surface area contributed by atoms with Crippen LogP contribution in [-0.2, 0) is 6.54 Å². The summed E-state index contributed by atoms with van der Waals surface area (Å²) in [5.41, 5.74) is 1.70. The number of nitrogens with zero attached hydrogens (tertiary/aromatic N) is 3. The van der Waals surface area contributed by atoms with E-state index in [0.717, 1.165) is 11.3 Å². The van der Waals surface area contributed by atoms with E-state index in [0.29, 0.717) is 25.4 Å². The van der Waals surface area contributed by atoms with Crippen LogP contribution in [0.4, 0.5) is 0 Å². The van der Waals surface area contributed by atoms with Crippen LogP contribution in [0.5, 0.6) is 5.75 Å². The van der Waals surface area contributed by atoms with E-state index >= 15 is 0 Å². The fraction of sp³-hybridized carbons (Fsp3) is 0.412. The SMILES string of the molecule is Cc1cc(C(=O)N2Cc3ccccc3OC[C@@H]2CN(C)C)on1. The van der Waals surface area contributed by atoms with Crippen molar-refractivity contribution in [3.63, 3.8) is 0 Å². The molecule has 1 atom stereocenters. The number of carbonyl (C=O) groups is 1. The molecule has 1 aliphatic heterocycles. The summed E-state index contributed by atoms with van der Waals surface area (Å²) in [6.45, 7) is 3.46. The standard InChI is InChI=1S/C17H21N3O3/c1-12-8-16(23-18-12)17(21)20-9-13-6-4-5-7-15(13)22-11-14(20)10-19(2)3/h4-8,14H,9-11H2,1-3H3/t14-/m0/s1. The number of fused-ring (bicyclic) bond motifs is 1. The number of carbonyl (C=O) groups excluding carboxylic acids is 1. The summed E-state index contributed by atoms with van der Waals surface area (Å²) in [5, 5.41) is 3.82. The molecule has 6 nitrogen and oxygen atoms in total. The Morgan fingerprint density at radius 3 is 2.87 bits per heavy atom. The number of amides is 1. The second-order valence-electron chi connectivity index (χ2n) is 6.10. The fourth-order valence-electron chi connectivity index (χ4n) is 2.78. The maximum Gasteiger partial charge on any atom is 0.293 e. The van der Waals surface area contributed by atoms with E-state index in [2.05, 4.69) is 10.1 Å². The summed E-state index contributed by atoms with van der Waals surface area (Å²) in [5.74, 6) is 0.948. The molecule has 23 heavy (non-hydrogen) atoms.